The monoisotopic (exact) mass is 274 g/mol. The Balaban J connectivity index is 1.61. The topological polar surface area (TPSA) is 77.4 Å². The van der Waals surface area contributed by atoms with E-state index in [9.17, 15) is 0 Å². The van der Waals surface area contributed by atoms with Gasteiger partial charge in [0.25, 0.3) is 5.95 Å². The average molecular weight is 274 g/mol. The van der Waals surface area contributed by atoms with Crippen molar-refractivity contribution in [1.82, 2.24) is 10.1 Å². The van der Waals surface area contributed by atoms with Gasteiger partial charge in [-0.15, -0.1) is 0 Å². The van der Waals surface area contributed by atoms with Gasteiger partial charge in [-0.25, -0.2) is 0 Å². The van der Waals surface area contributed by atoms with Crippen LogP contribution in [-0.4, -0.2) is 36.4 Å². The molecule has 2 heterocycles. The Morgan fingerprint density at radius 1 is 1.15 bits per heavy atom. The highest BCUT2D eigenvalue weighted by molar-refractivity contribution is 5.46. The van der Waals surface area contributed by atoms with E-state index in [1.54, 1.807) is 0 Å². The predicted octanol–water partition coefficient (Wildman–Crippen LogP) is 1.27. The number of nitrogens with two attached hydrogens (primary N) is 1. The molecule has 106 valence electrons. The summed E-state index contributed by atoms with van der Waals surface area (Å²) in [6.07, 6.45) is 1.50. The van der Waals surface area contributed by atoms with E-state index >= 15 is 0 Å². The van der Waals surface area contributed by atoms with E-state index in [-0.39, 0.29) is 0 Å². The Labute approximate surface area is 117 Å². The summed E-state index contributed by atoms with van der Waals surface area (Å²) in [6, 6.07) is 7.84. The number of nitrogens with zero attached hydrogens (tertiary/aromatic N) is 3. The van der Waals surface area contributed by atoms with Crippen LogP contribution in [0.5, 0.6) is 0 Å². The van der Waals surface area contributed by atoms with Crippen LogP contribution in [0.1, 0.15) is 11.5 Å². The summed E-state index contributed by atoms with van der Waals surface area (Å²) in [5.41, 5.74) is 7.83. The third kappa shape index (κ3) is 2.91. The molecule has 1 saturated heterocycles. The van der Waals surface area contributed by atoms with Crippen molar-refractivity contribution in [3.63, 3.8) is 0 Å². The summed E-state index contributed by atoms with van der Waals surface area (Å²) in [5, 5.41) is 4.03. The summed E-state index contributed by atoms with van der Waals surface area (Å²) in [4.78, 5) is 6.51. The van der Waals surface area contributed by atoms with Gasteiger partial charge >= 0.3 is 0 Å². The van der Waals surface area contributed by atoms with Gasteiger partial charge in [0.15, 0.2) is 0 Å². The van der Waals surface area contributed by atoms with Crippen molar-refractivity contribution in [1.29, 1.82) is 0 Å². The van der Waals surface area contributed by atoms with Crippen molar-refractivity contribution >= 4 is 11.6 Å². The van der Waals surface area contributed by atoms with Crippen molar-refractivity contribution in [3.05, 3.63) is 35.7 Å². The molecule has 2 aromatic rings. The van der Waals surface area contributed by atoms with Gasteiger partial charge < -0.3 is 19.9 Å². The first-order chi connectivity index (χ1) is 9.83. The number of benzene rings is 1. The molecular weight excluding hydrogens is 256 g/mol. The fourth-order valence-corrected chi connectivity index (χ4v) is 2.24. The van der Waals surface area contributed by atoms with E-state index in [0.717, 1.165) is 30.8 Å². The van der Waals surface area contributed by atoms with Crippen LogP contribution < -0.4 is 10.6 Å². The van der Waals surface area contributed by atoms with E-state index in [2.05, 4.69) is 15.0 Å². The standard InChI is InChI=1S/C14H18N4O2/c15-12-4-2-1-3-11(12)5-6-13-16-14(17-20-13)18-7-9-19-10-8-18/h1-4H,5-10,15H2. The molecule has 2 N–H and O–H groups in total. The van der Waals surface area contributed by atoms with E-state index < -0.39 is 0 Å². The van der Waals surface area contributed by atoms with Gasteiger partial charge in [-0.1, -0.05) is 18.2 Å². The highest BCUT2D eigenvalue weighted by atomic mass is 16.5. The molecule has 0 saturated carbocycles. The molecule has 1 aromatic heterocycles. The Kier molecular flexibility index (Phi) is 3.83. The lowest BCUT2D eigenvalue weighted by molar-refractivity contribution is 0.121. The molecule has 1 aliphatic heterocycles. The number of para-hydroxylation sites is 1. The summed E-state index contributed by atoms with van der Waals surface area (Å²) in [7, 11) is 0. The molecule has 0 atom stereocenters. The fraction of sp³-hybridized carbons (Fsp3) is 0.429. The highest BCUT2D eigenvalue weighted by Gasteiger charge is 2.17. The highest BCUT2D eigenvalue weighted by Crippen LogP contribution is 2.15. The number of anilines is 2. The molecule has 6 heteroatoms. The fourth-order valence-electron chi connectivity index (χ4n) is 2.24. The molecule has 0 amide bonds. The van der Waals surface area contributed by atoms with E-state index in [1.807, 2.05) is 24.3 Å². The molecule has 1 aliphatic rings. The van der Waals surface area contributed by atoms with Gasteiger partial charge in [0.2, 0.25) is 5.89 Å². The number of nitrogen functional groups attached to an aromatic ring is 1. The zero-order valence-corrected chi connectivity index (χ0v) is 11.3. The first kappa shape index (κ1) is 12.9. The van der Waals surface area contributed by atoms with Crippen LogP contribution in [0.2, 0.25) is 0 Å². The molecule has 6 nitrogen and oxygen atoms in total. The Hall–Kier alpha value is -2.08. The van der Waals surface area contributed by atoms with Crippen LogP contribution in [0, 0.1) is 0 Å². The molecule has 1 fully saturated rings. The molecule has 0 bridgehead atoms. The second-order valence-corrected chi connectivity index (χ2v) is 4.79. The van der Waals surface area contributed by atoms with Crippen molar-refractivity contribution < 1.29 is 9.26 Å². The number of ether oxygens (including phenoxy) is 1. The van der Waals surface area contributed by atoms with Gasteiger partial charge in [0, 0.05) is 25.2 Å². The van der Waals surface area contributed by atoms with Gasteiger partial charge in [0.1, 0.15) is 0 Å². The predicted molar refractivity (Wildman–Crippen MR) is 75.6 cm³/mol. The summed E-state index contributed by atoms with van der Waals surface area (Å²) >= 11 is 0. The van der Waals surface area contributed by atoms with Crippen LogP contribution in [0.3, 0.4) is 0 Å². The third-order valence-electron chi connectivity index (χ3n) is 3.41. The lowest BCUT2D eigenvalue weighted by Crippen LogP contribution is -2.36. The van der Waals surface area contributed by atoms with Crippen molar-refractivity contribution in [3.8, 4) is 0 Å². The van der Waals surface area contributed by atoms with Crippen LogP contribution in [0.4, 0.5) is 11.6 Å². The summed E-state index contributed by atoms with van der Waals surface area (Å²) < 4.78 is 10.6. The molecule has 0 aliphatic carbocycles. The normalized spacial score (nSPS) is 15.5. The van der Waals surface area contributed by atoms with E-state index in [4.69, 9.17) is 15.0 Å². The van der Waals surface area contributed by atoms with Crippen molar-refractivity contribution in [2.75, 3.05) is 36.9 Å². The maximum atomic E-state index is 5.92. The van der Waals surface area contributed by atoms with Crippen LogP contribution >= 0.6 is 0 Å². The summed E-state index contributed by atoms with van der Waals surface area (Å²) in [6.45, 7) is 3.05. The average Bonchev–Trinajstić information content (AvgIpc) is 2.96. The molecule has 0 unspecified atom stereocenters. The summed E-state index contributed by atoms with van der Waals surface area (Å²) in [5.74, 6) is 1.30. The lowest BCUT2D eigenvalue weighted by atomic mass is 10.1. The second-order valence-electron chi connectivity index (χ2n) is 4.79. The minimum absolute atomic E-state index is 0.648. The zero-order chi connectivity index (χ0) is 13.8. The minimum atomic E-state index is 0.648. The largest absolute Gasteiger partial charge is 0.399 e. The quantitative estimate of drug-likeness (QED) is 0.846. The van der Waals surface area contributed by atoms with Crippen molar-refractivity contribution in [2.24, 2.45) is 0 Å². The SMILES string of the molecule is Nc1ccccc1CCc1nc(N2CCOCC2)no1. The number of rotatable bonds is 4. The van der Waals surface area contributed by atoms with Gasteiger partial charge in [0.05, 0.1) is 13.2 Å². The second kappa shape index (κ2) is 5.92. The Morgan fingerprint density at radius 2 is 1.95 bits per heavy atom. The maximum Gasteiger partial charge on any atom is 0.266 e. The number of morpholine rings is 1. The number of aryl methyl sites for hydroxylation is 2. The zero-order valence-electron chi connectivity index (χ0n) is 11.3. The van der Waals surface area contributed by atoms with Gasteiger partial charge in [-0.2, -0.15) is 4.98 Å². The lowest BCUT2D eigenvalue weighted by Gasteiger charge is -2.24. The molecular formula is C14H18N4O2. The van der Waals surface area contributed by atoms with Crippen LogP contribution in [0.15, 0.2) is 28.8 Å². The first-order valence-corrected chi connectivity index (χ1v) is 6.81. The first-order valence-electron chi connectivity index (χ1n) is 6.81. The number of aromatic nitrogens is 2. The molecule has 0 radical (unpaired) electrons. The third-order valence-corrected chi connectivity index (χ3v) is 3.41. The molecule has 3 rings (SSSR count). The molecule has 1 aromatic carbocycles. The smallest absolute Gasteiger partial charge is 0.266 e. The van der Waals surface area contributed by atoms with Gasteiger partial charge in [-0.05, 0) is 23.2 Å². The number of hydrogen-bond donors (Lipinski definition) is 1. The molecule has 0 spiro atoms. The van der Waals surface area contributed by atoms with Crippen LogP contribution in [0.25, 0.3) is 0 Å². The molecule has 20 heavy (non-hydrogen) atoms. The van der Waals surface area contributed by atoms with E-state index in [0.29, 0.717) is 31.5 Å². The van der Waals surface area contributed by atoms with Gasteiger partial charge in [-0.3, -0.25) is 0 Å². The Morgan fingerprint density at radius 3 is 2.75 bits per heavy atom. The maximum absolute atomic E-state index is 5.92. The number of hydrogen-bond acceptors (Lipinski definition) is 6. The van der Waals surface area contributed by atoms with Crippen LogP contribution in [-0.2, 0) is 17.6 Å². The van der Waals surface area contributed by atoms with Crippen molar-refractivity contribution in [2.45, 2.75) is 12.8 Å². The Bertz CT molecular complexity index is 564. The minimum Gasteiger partial charge on any atom is -0.399 e. The van der Waals surface area contributed by atoms with E-state index in [1.165, 1.54) is 0 Å².